The van der Waals surface area contributed by atoms with E-state index in [-0.39, 0.29) is 18.1 Å². The molecule has 0 N–H and O–H groups in total. The van der Waals surface area contributed by atoms with Gasteiger partial charge in [-0.15, -0.1) is 8.83 Å². The van der Waals surface area contributed by atoms with Crippen LogP contribution in [0.3, 0.4) is 0 Å². The van der Waals surface area contributed by atoms with Gasteiger partial charge in [0.25, 0.3) is 0 Å². The van der Waals surface area contributed by atoms with E-state index in [0.29, 0.717) is 11.1 Å². The molecule has 0 spiro atoms. The van der Waals surface area contributed by atoms with Crippen molar-refractivity contribution in [3.8, 4) is 0 Å². The Morgan fingerprint density at radius 2 is 1.15 bits per heavy atom. The molecule has 0 radical (unpaired) electrons. The van der Waals surface area contributed by atoms with Crippen molar-refractivity contribution in [2.24, 2.45) is 0 Å². The van der Waals surface area contributed by atoms with Gasteiger partial charge in [0, 0.05) is 12.6 Å². The van der Waals surface area contributed by atoms with Gasteiger partial charge in [-0.05, 0) is 31.9 Å². The Kier molecular flexibility index (Phi) is 7.16. The van der Waals surface area contributed by atoms with Crippen molar-refractivity contribution < 1.29 is 16.8 Å². The van der Waals surface area contributed by atoms with E-state index < -0.39 is 26.1 Å². The minimum Gasteiger partial charge on any atom is -0.211 e. The molecule has 0 aliphatic heterocycles. The van der Waals surface area contributed by atoms with Crippen molar-refractivity contribution in [3.05, 3.63) is 71.8 Å². The van der Waals surface area contributed by atoms with E-state index in [1.165, 1.54) is 0 Å². The molecule has 0 unspecified atom stereocenters. The molecule has 6 nitrogen and oxygen atoms in total. The molecule has 2 aromatic carbocycles. The summed E-state index contributed by atoms with van der Waals surface area (Å²) in [5, 5.41) is 0. The van der Waals surface area contributed by atoms with Gasteiger partial charge >= 0.3 is 0 Å². The first-order valence-corrected chi connectivity index (χ1v) is 12.0. The molecule has 148 valence electrons. The van der Waals surface area contributed by atoms with E-state index in [9.17, 15) is 16.8 Å². The fourth-order valence-electron chi connectivity index (χ4n) is 2.89. The second-order valence-electron chi connectivity index (χ2n) is 6.49. The third-order valence-electron chi connectivity index (χ3n) is 3.92. The summed E-state index contributed by atoms with van der Waals surface area (Å²) in [7, 11) is -7.75. The average molecular weight is 411 g/mol. The smallest absolute Gasteiger partial charge is 0.211 e. The lowest BCUT2D eigenvalue weighted by Gasteiger charge is -2.35. The normalized spacial score (nSPS) is 12.8. The predicted molar refractivity (Wildman–Crippen MR) is 107 cm³/mol. The lowest BCUT2D eigenvalue weighted by atomic mass is 10.2. The molecule has 2 rings (SSSR count). The van der Waals surface area contributed by atoms with Gasteiger partial charge in [-0.25, -0.2) is 16.8 Å². The molecule has 0 saturated carbocycles. The molecule has 0 amide bonds. The average Bonchev–Trinajstić information content (AvgIpc) is 2.59. The highest BCUT2D eigenvalue weighted by atomic mass is 32.2. The molecule has 27 heavy (non-hydrogen) atoms. The van der Waals surface area contributed by atoms with Gasteiger partial charge in [-0.1, -0.05) is 60.7 Å². The Morgan fingerprint density at radius 1 is 0.741 bits per heavy atom. The zero-order valence-corrected chi connectivity index (χ0v) is 17.4. The quantitative estimate of drug-likeness (QED) is 0.596. The number of benzene rings is 2. The van der Waals surface area contributed by atoms with Crippen LogP contribution in [0.4, 0.5) is 0 Å². The molecular weight excluding hydrogens is 384 g/mol. The van der Waals surface area contributed by atoms with E-state index in [2.05, 4.69) is 0 Å². The topological polar surface area (TPSA) is 74.8 Å². The van der Waals surface area contributed by atoms with Gasteiger partial charge in [-0.3, -0.25) is 0 Å². The van der Waals surface area contributed by atoms with Crippen LogP contribution >= 0.6 is 0 Å². The first-order chi connectivity index (χ1) is 12.7. The number of nitrogens with zero attached hydrogens (tertiary/aromatic N) is 2. The highest BCUT2D eigenvalue weighted by Crippen LogP contribution is 2.22. The summed E-state index contributed by atoms with van der Waals surface area (Å²) in [5.41, 5.74) is 1.22. The number of hydrazine groups is 1. The first-order valence-electron chi connectivity index (χ1n) is 8.77. The predicted octanol–water partition coefficient (Wildman–Crippen LogP) is 2.99. The molecule has 0 saturated heterocycles. The van der Waals surface area contributed by atoms with Crippen molar-refractivity contribution in [2.75, 3.05) is 6.54 Å². The SMILES string of the molecule is CCN(N(C(C)C)S(=O)(=O)Cc1ccccc1)S(=O)(=O)Cc1ccccc1. The van der Waals surface area contributed by atoms with E-state index in [0.717, 1.165) is 8.83 Å². The van der Waals surface area contributed by atoms with Gasteiger partial charge in [0.05, 0.1) is 11.5 Å². The highest BCUT2D eigenvalue weighted by molar-refractivity contribution is 7.91. The van der Waals surface area contributed by atoms with E-state index >= 15 is 0 Å². The maximum atomic E-state index is 13.1. The minimum atomic E-state index is -3.88. The third kappa shape index (κ3) is 5.62. The number of hydrogen-bond donors (Lipinski definition) is 0. The van der Waals surface area contributed by atoms with Gasteiger partial charge in [0.15, 0.2) is 0 Å². The van der Waals surface area contributed by atoms with E-state index in [1.54, 1.807) is 81.4 Å². The van der Waals surface area contributed by atoms with E-state index in [1.807, 2.05) is 0 Å². The molecule has 0 aliphatic rings. The van der Waals surface area contributed by atoms with Gasteiger partial charge in [0.1, 0.15) is 0 Å². The first kappa shape index (κ1) is 21.6. The largest absolute Gasteiger partial charge is 0.232 e. The van der Waals surface area contributed by atoms with Crippen molar-refractivity contribution in [3.63, 3.8) is 0 Å². The summed E-state index contributed by atoms with van der Waals surface area (Å²) in [6.07, 6.45) is 0. The Morgan fingerprint density at radius 3 is 1.52 bits per heavy atom. The lowest BCUT2D eigenvalue weighted by Crippen LogP contribution is -2.53. The summed E-state index contributed by atoms with van der Waals surface area (Å²) < 4.78 is 54.1. The monoisotopic (exact) mass is 410 g/mol. The zero-order chi connectivity index (χ0) is 20.1. The zero-order valence-electron chi connectivity index (χ0n) is 15.8. The summed E-state index contributed by atoms with van der Waals surface area (Å²) in [6, 6.07) is 17.0. The van der Waals surface area contributed by atoms with Crippen molar-refractivity contribution >= 4 is 20.0 Å². The van der Waals surface area contributed by atoms with Gasteiger partial charge in [-0.2, -0.15) is 0 Å². The third-order valence-corrected chi connectivity index (χ3v) is 7.69. The van der Waals surface area contributed by atoms with Crippen LogP contribution in [0.25, 0.3) is 0 Å². The van der Waals surface area contributed by atoms with Gasteiger partial charge in [0.2, 0.25) is 20.0 Å². The molecule has 0 atom stereocenters. The molecule has 8 heteroatoms. The number of hydrogen-bond acceptors (Lipinski definition) is 4. The standard InChI is InChI=1S/C19H26N2O4S2/c1-4-20(26(22,23)15-18-11-7-5-8-12-18)21(17(2)3)27(24,25)16-19-13-9-6-10-14-19/h5-14,17H,4,15-16H2,1-3H3. The fraction of sp³-hybridized carbons (Fsp3) is 0.368. The van der Waals surface area contributed by atoms with Crippen molar-refractivity contribution in [2.45, 2.75) is 38.3 Å². The summed E-state index contributed by atoms with van der Waals surface area (Å²) in [5.74, 6) is -0.519. The Labute approximate surface area is 162 Å². The van der Waals surface area contributed by atoms with Crippen LogP contribution in [0, 0.1) is 0 Å². The summed E-state index contributed by atoms with van der Waals surface area (Å²) >= 11 is 0. The summed E-state index contributed by atoms with van der Waals surface area (Å²) in [6.45, 7) is 5.00. The van der Waals surface area contributed by atoms with Crippen LogP contribution in [0.2, 0.25) is 0 Å². The van der Waals surface area contributed by atoms with Gasteiger partial charge < -0.3 is 0 Å². The van der Waals surface area contributed by atoms with Crippen molar-refractivity contribution in [1.29, 1.82) is 0 Å². The molecular formula is C19H26N2O4S2. The van der Waals surface area contributed by atoms with E-state index in [4.69, 9.17) is 0 Å². The Bertz CT molecular complexity index is 928. The highest BCUT2D eigenvalue weighted by Gasteiger charge is 2.37. The maximum absolute atomic E-state index is 13.1. The van der Waals surface area contributed by atoms with Crippen LogP contribution in [-0.2, 0) is 31.6 Å². The minimum absolute atomic E-state index is 0.0291. The van der Waals surface area contributed by atoms with Crippen LogP contribution in [0.1, 0.15) is 31.9 Å². The molecule has 0 aliphatic carbocycles. The number of sulfonamides is 2. The Hall–Kier alpha value is -1.74. The maximum Gasteiger partial charge on any atom is 0.232 e. The fourth-order valence-corrected chi connectivity index (χ4v) is 6.87. The van der Waals surface area contributed by atoms with Crippen molar-refractivity contribution in [1.82, 2.24) is 8.83 Å². The molecule has 0 bridgehead atoms. The van der Waals surface area contributed by atoms with Crippen LogP contribution in [0.5, 0.6) is 0 Å². The number of rotatable bonds is 9. The lowest BCUT2D eigenvalue weighted by molar-refractivity contribution is 0.133. The van der Waals surface area contributed by atoms with Crippen LogP contribution < -0.4 is 0 Å². The second kappa shape index (κ2) is 8.97. The summed E-state index contributed by atoms with van der Waals surface area (Å²) in [4.78, 5) is 0. The van der Waals surface area contributed by atoms with Crippen LogP contribution in [0.15, 0.2) is 60.7 Å². The molecule has 0 heterocycles. The van der Waals surface area contributed by atoms with Crippen LogP contribution in [-0.4, -0.2) is 38.3 Å². The second-order valence-corrected chi connectivity index (χ2v) is 10.2. The molecule has 0 aromatic heterocycles. The molecule has 0 fully saturated rings. The Balaban J connectivity index is 2.37. The molecule has 2 aromatic rings.